The van der Waals surface area contributed by atoms with Gasteiger partial charge in [0.1, 0.15) is 0 Å². The Hall–Kier alpha value is -0.860. The fourth-order valence-corrected chi connectivity index (χ4v) is 2.68. The van der Waals surface area contributed by atoms with Gasteiger partial charge in [-0.2, -0.15) is 0 Å². The second-order valence-corrected chi connectivity index (χ2v) is 5.37. The van der Waals surface area contributed by atoms with Crippen molar-refractivity contribution >= 4 is 0 Å². The first-order chi connectivity index (χ1) is 8.90. The second-order valence-electron chi connectivity index (χ2n) is 5.37. The van der Waals surface area contributed by atoms with Crippen molar-refractivity contribution in [3.05, 3.63) is 35.9 Å². The largest absolute Gasteiger partial charge is 0.396 e. The van der Waals surface area contributed by atoms with Crippen molar-refractivity contribution in [3.63, 3.8) is 0 Å². The molecule has 1 aliphatic rings. The summed E-state index contributed by atoms with van der Waals surface area (Å²) in [6.07, 6.45) is 7.19. The van der Waals surface area contributed by atoms with E-state index >= 15 is 0 Å². The molecular weight excluding hydrogens is 222 g/mol. The molecule has 0 spiro atoms. The van der Waals surface area contributed by atoms with Gasteiger partial charge in [-0.3, -0.25) is 0 Å². The highest BCUT2D eigenvalue weighted by molar-refractivity contribution is 5.22. The van der Waals surface area contributed by atoms with Crippen molar-refractivity contribution in [2.24, 2.45) is 0 Å². The van der Waals surface area contributed by atoms with E-state index in [0.717, 1.165) is 31.3 Å². The van der Waals surface area contributed by atoms with Crippen LogP contribution in [0.4, 0.5) is 0 Å². The van der Waals surface area contributed by atoms with Gasteiger partial charge in [0.15, 0.2) is 0 Å². The lowest BCUT2D eigenvalue weighted by Crippen LogP contribution is -2.40. The van der Waals surface area contributed by atoms with E-state index in [1.807, 2.05) is 0 Å². The number of unbranched alkanes of at least 4 members (excludes halogenated alkanes) is 3. The van der Waals surface area contributed by atoms with E-state index in [0.29, 0.717) is 6.61 Å². The van der Waals surface area contributed by atoms with Crippen LogP contribution < -0.4 is 5.32 Å². The molecule has 0 atom stereocenters. The maximum Gasteiger partial charge on any atom is 0.0431 e. The molecular formula is C16H25NO. The normalized spacial score (nSPS) is 22.7. The Kier molecular flexibility index (Phi) is 5.69. The van der Waals surface area contributed by atoms with E-state index in [-0.39, 0.29) is 0 Å². The molecule has 0 heterocycles. The van der Waals surface area contributed by atoms with E-state index in [1.165, 1.54) is 31.2 Å². The van der Waals surface area contributed by atoms with Crippen molar-refractivity contribution < 1.29 is 5.11 Å². The predicted molar refractivity (Wildman–Crippen MR) is 75.8 cm³/mol. The Morgan fingerprint density at radius 2 is 1.72 bits per heavy atom. The molecule has 0 bridgehead atoms. The molecule has 2 rings (SSSR count). The topological polar surface area (TPSA) is 32.3 Å². The van der Waals surface area contributed by atoms with Crippen molar-refractivity contribution in [3.8, 4) is 0 Å². The van der Waals surface area contributed by atoms with Crippen LogP contribution in [0.25, 0.3) is 0 Å². The summed E-state index contributed by atoms with van der Waals surface area (Å²) in [5.74, 6) is 0.776. The van der Waals surface area contributed by atoms with Crippen LogP contribution in [0.2, 0.25) is 0 Å². The number of rotatable bonds is 8. The summed E-state index contributed by atoms with van der Waals surface area (Å²) in [6.45, 7) is 1.48. The van der Waals surface area contributed by atoms with Gasteiger partial charge in [-0.15, -0.1) is 0 Å². The molecule has 0 unspecified atom stereocenters. The molecule has 2 N–H and O–H groups in total. The van der Waals surface area contributed by atoms with Crippen LogP contribution in [0.15, 0.2) is 30.3 Å². The van der Waals surface area contributed by atoms with E-state index in [9.17, 15) is 0 Å². The molecule has 0 aromatic heterocycles. The molecule has 2 heteroatoms. The molecule has 100 valence electrons. The van der Waals surface area contributed by atoms with Gasteiger partial charge < -0.3 is 10.4 Å². The summed E-state index contributed by atoms with van der Waals surface area (Å²) in [5, 5.41) is 12.3. The molecule has 1 fully saturated rings. The van der Waals surface area contributed by atoms with E-state index in [1.54, 1.807) is 0 Å². The van der Waals surface area contributed by atoms with Gasteiger partial charge in [0, 0.05) is 12.6 Å². The maximum absolute atomic E-state index is 8.68. The molecule has 2 nitrogen and oxygen atoms in total. The van der Waals surface area contributed by atoms with Gasteiger partial charge in [-0.05, 0) is 43.7 Å². The number of aliphatic hydroxyl groups excluding tert-OH is 1. The standard InChI is InChI=1S/C16H25NO/c18-11-7-2-1-6-10-17-16-12-15(13-16)14-8-4-3-5-9-14/h3-5,8-9,15-18H,1-2,6-7,10-13H2. The van der Waals surface area contributed by atoms with Crippen LogP contribution in [-0.4, -0.2) is 24.3 Å². The van der Waals surface area contributed by atoms with Crippen molar-refractivity contribution in [1.29, 1.82) is 0 Å². The predicted octanol–water partition coefficient (Wildman–Crippen LogP) is 3.07. The van der Waals surface area contributed by atoms with Crippen molar-refractivity contribution in [1.82, 2.24) is 5.32 Å². The molecule has 0 amide bonds. The van der Waals surface area contributed by atoms with Gasteiger partial charge in [-0.25, -0.2) is 0 Å². The third kappa shape index (κ3) is 4.11. The molecule has 0 aliphatic heterocycles. The lowest BCUT2D eigenvalue weighted by molar-refractivity contribution is 0.277. The van der Waals surface area contributed by atoms with Gasteiger partial charge in [-0.1, -0.05) is 43.2 Å². The van der Waals surface area contributed by atoms with Crippen LogP contribution in [0, 0.1) is 0 Å². The molecule has 1 saturated carbocycles. The van der Waals surface area contributed by atoms with Crippen LogP contribution in [0.1, 0.15) is 50.0 Å². The third-order valence-corrected chi connectivity index (χ3v) is 3.93. The number of nitrogens with one attached hydrogen (secondary N) is 1. The molecule has 1 aromatic rings. The first kappa shape index (κ1) is 13.6. The zero-order valence-corrected chi connectivity index (χ0v) is 11.1. The zero-order chi connectivity index (χ0) is 12.6. The van der Waals surface area contributed by atoms with E-state index in [4.69, 9.17) is 5.11 Å². The lowest BCUT2D eigenvalue weighted by Gasteiger charge is -2.36. The van der Waals surface area contributed by atoms with Crippen LogP contribution in [0.3, 0.4) is 0 Å². The van der Waals surface area contributed by atoms with Crippen LogP contribution in [0.5, 0.6) is 0 Å². The third-order valence-electron chi connectivity index (χ3n) is 3.93. The highest BCUT2D eigenvalue weighted by Crippen LogP contribution is 2.36. The SMILES string of the molecule is OCCCCCCNC1CC(c2ccccc2)C1. The van der Waals surface area contributed by atoms with Gasteiger partial charge in [0.2, 0.25) is 0 Å². The molecule has 1 aromatic carbocycles. The van der Waals surface area contributed by atoms with E-state index in [2.05, 4.69) is 35.6 Å². The lowest BCUT2D eigenvalue weighted by atomic mass is 9.76. The zero-order valence-electron chi connectivity index (χ0n) is 11.1. The van der Waals surface area contributed by atoms with Crippen LogP contribution >= 0.6 is 0 Å². The smallest absolute Gasteiger partial charge is 0.0431 e. The summed E-state index contributed by atoms with van der Waals surface area (Å²) in [4.78, 5) is 0. The minimum absolute atomic E-state index is 0.342. The number of hydrogen-bond donors (Lipinski definition) is 2. The average Bonchev–Trinajstić information content (AvgIpc) is 2.36. The highest BCUT2D eigenvalue weighted by atomic mass is 16.2. The molecule has 1 aliphatic carbocycles. The van der Waals surface area contributed by atoms with E-state index < -0.39 is 0 Å². The molecule has 0 saturated heterocycles. The van der Waals surface area contributed by atoms with Crippen molar-refractivity contribution in [2.45, 2.75) is 50.5 Å². The minimum atomic E-state index is 0.342. The maximum atomic E-state index is 8.68. The summed E-state index contributed by atoms with van der Waals surface area (Å²) in [5.41, 5.74) is 1.50. The highest BCUT2D eigenvalue weighted by Gasteiger charge is 2.29. The summed E-state index contributed by atoms with van der Waals surface area (Å²) < 4.78 is 0. The second kappa shape index (κ2) is 7.55. The summed E-state index contributed by atoms with van der Waals surface area (Å²) in [6, 6.07) is 11.6. The first-order valence-electron chi connectivity index (χ1n) is 7.29. The summed E-state index contributed by atoms with van der Waals surface area (Å²) >= 11 is 0. The number of aliphatic hydroxyl groups is 1. The minimum Gasteiger partial charge on any atom is -0.396 e. The van der Waals surface area contributed by atoms with Crippen LogP contribution in [-0.2, 0) is 0 Å². The average molecular weight is 247 g/mol. The fraction of sp³-hybridized carbons (Fsp3) is 0.625. The van der Waals surface area contributed by atoms with Crippen molar-refractivity contribution in [2.75, 3.05) is 13.2 Å². The molecule has 0 radical (unpaired) electrons. The Morgan fingerprint density at radius 1 is 1.00 bits per heavy atom. The summed E-state index contributed by atoms with van der Waals surface area (Å²) in [7, 11) is 0. The fourth-order valence-electron chi connectivity index (χ4n) is 2.68. The monoisotopic (exact) mass is 247 g/mol. The quantitative estimate of drug-likeness (QED) is 0.692. The van der Waals surface area contributed by atoms with Gasteiger partial charge >= 0.3 is 0 Å². The molecule has 18 heavy (non-hydrogen) atoms. The Bertz CT molecular complexity index is 319. The first-order valence-corrected chi connectivity index (χ1v) is 7.29. The Labute approximate surface area is 110 Å². The van der Waals surface area contributed by atoms with Gasteiger partial charge in [0.25, 0.3) is 0 Å². The number of hydrogen-bond acceptors (Lipinski definition) is 2. The number of benzene rings is 1. The van der Waals surface area contributed by atoms with Gasteiger partial charge in [0.05, 0.1) is 0 Å². The Balaban J connectivity index is 1.52. The Morgan fingerprint density at radius 3 is 2.44 bits per heavy atom.